The van der Waals surface area contributed by atoms with Crippen LogP contribution >= 0.6 is 0 Å². The van der Waals surface area contributed by atoms with Crippen LogP contribution in [0.2, 0.25) is 0 Å². The molecule has 0 bridgehead atoms. The maximum atomic E-state index is 13.0. The number of carbonyl (C=O) groups is 3. The molecule has 2 aliphatic rings. The first-order valence-electron chi connectivity index (χ1n) is 17.4. The van der Waals surface area contributed by atoms with Crippen LogP contribution in [0.1, 0.15) is 61.0 Å². The second-order valence-electron chi connectivity index (χ2n) is 12.5. The Morgan fingerprint density at radius 1 is 0.857 bits per heavy atom. The molecule has 11 heteroatoms. The van der Waals surface area contributed by atoms with E-state index in [0.29, 0.717) is 37.6 Å². The Morgan fingerprint density at radius 2 is 1.51 bits per heavy atom. The molecule has 2 aromatic carbocycles. The number of rotatable bonds is 15. The molecule has 11 nitrogen and oxygen atoms in total. The summed E-state index contributed by atoms with van der Waals surface area (Å²) >= 11 is 0. The highest BCUT2D eigenvalue weighted by molar-refractivity contribution is 5.95. The van der Waals surface area contributed by atoms with E-state index in [0.717, 1.165) is 76.4 Å². The van der Waals surface area contributed by atoms with Gasteiger partial charge in [0.25, 0.3) is 5.91 Å². The third-order valence-corrected chi connectivity index (χ3v) is 8.99. The first-order valence-corrected chi connectivity index (χ1v) is 17.4. The van der Waals surface area contributed by atoms with Crippen molar-refractivity contribution in [1.82, 2.24) is 25.0 Å². The zero-order chi connectivity index (χ0) is 34.4. The molecule has 2 aliphatic heterocycles. The molecule has 3 N–H and O–H groups in total. The lowest BCUT2D eigenvalue weighted by atomic mass is 9.92. The molecular weight excluding hydrogens is 620 g/mol. The highest BCUT2D eigenvalue weighted by Gasteiger charge is 2.25. The Morgan fingerprint density at radius 3 is 2.18 bits per heavy atom. The van der Waals surface area contributed by atoms with Gasteiger partial charge < -0.3 is 25.4 Å². The van der Waals surface area contributed by atoms with Crippen molar-refractivity contribution in [3.05, 3.63) is 90.1 Å². The Labute approximate surface area is 289 Å². The van der Waals surface area contributed by atoms with E-state index in [9.17, 15) is 14.4 Å². The van der Waals surface area contributed by atoms with Gasteiger partial charge >= 0.3 is 0 Å². The van der Waals surface area contributed by atoms with Gasteiger partial charge in [0.1, 0.15) is 22.8 Å². The van der Waals surface area contributed by atoms with Gasteiger partial charge in [0, 0.05) is 83.0 Å². The van der Waals surface area contributed by atoms with E-state index in [1.54, 1.807) is 36.4 Å². The summed E-state index contributed by atoms with van der Waals surface area (Å²) in [5, 5.41) is 3.01. The van der Waals surface area contributed by atoms with Crippen molar-refractivity contribution in [2.75, 3.05) is 58.9 Å². The van der Waals surface area contributed by atoms with Gasteiger partial charge in [-0.2, -0.15) is 0 Å². The Hall–Kier alpha value is -4.74. The van der Waals surface area contributed by atoms with Crippen molar-refractivity contribution in [2.24, 2.45) is 5.73 Å². The number of piperidine rings is 1. The van der Waals surface area contributed by atoms with Crippen LogP contribution in [0.4, 0.5) is 0 Å². The number of primary amides is 1. The van der Waals surface area contributed by atoms with Gasteiger partial charge in [-0.3, -0.25) is 24.2 Å². The van der Waals surface area contributed by atoms with Gasteiger partial charge in [-0.1, -0.05) is 37.6 Å². The number of carbonyl (C=O) groups excluding carboxylic acids is 3. The molecule has 0 spiro atoms. The number of nitrogens with zero attached hydrogens (tertiary/aromatic N) is 4. The number of nitrogens with one attached hydrogen (secondary N) is 1. The summed E-state index contributed by atoms with van der Waals surface area (Å²) in [5.41, 5.74) is 6.66. The summed E-state index contributed by atoms with van der Waals surface area (Å²) in [5.74, 6) is 1.73. The fourth-order valence-corrected chi connectivity index (χ4v) is 6.04. The lowest BCUT2D eigenvalue weighted by Gasteiger charge is -2.34. The number of unbranched alkanes of at least 4 members (excludes halogenated alkanes) is 1. The molecule has 3 aromatic rings. The number of nitrogens with two attached hydrogens (primary N) is 1. The molecule has 0 saturated carbocycles. The molecule has 0 unspecified atom stereocenters. The van der Waals surface area contributed by atoms with Gasteiger partial charge in [-0.15, -0.1) is 0 Å². The third kappa shape index (κ3) is 10.9. The van der Waals surface area contributed by atoms with Gasteiger partial charge in [-0.25, -0.2) is 4.98 Å². The standard InChI is InChI=1S/C38H48N6O5/c1-2-3-10-35(45)40-20-24-43-27-25-42(26-28-43)21-7-11-36(46)44-22-18-29(19-23-44)34-17-16-33(37(39)47)38(41-34)49-32-14-12-31(13-15-32)48-30-8-5-4-6-9-30/h4-9,11-17,29H,2-3,10,18-28H2,1H3,(H2,39,47)(H,40,45)/b11-7+. The van der Waals surface area contributed by atoms with Crippen molar-refractivity contribution >= 4 is 17.7 Å². The molecule has 1 aromatic heterocycles. The summed E-state index contributed by atoms with van der Waals surface area (Å²) in [6, 6.07) is 20.1. The topological polar surface area (TPSA) is 130 Å². The Kier molecular flexibility index (Phi) is 13.2. The maximum Gasteiger partial charge on any atom is 0.254 e. The predicted octanol–water partition coefficient (Wildman–Crippen LogP) is 4.95. The second-order valence-corrected chi connectivity index (χ2v) is 12.5. The molecule has 49 heavy (non-hydrogen) atoms. The van der Waals surface area contributed by atoms with Gasteiger partial charge in [0.2, 0.25) is 17.7 Å². The van der Waals surface area contributed by atoms with Crippen LogP contribution in [-0.4, -0.2) is 96.3 Å². The minimum Gasteiger partial charge on any atom is -0.457 e. The number of benzene rings is 2. The van der Waals surface area contributed by atoms with E-state index < -0.39 is 5.91 Å². The Balaban J connectivity index is 1.06. The van der Waals surface area contributed by atoms with E-state index in [2.05, 4.69) is 22.0 Å². The number of likely N-dealkylation sites (tertiary alicyclic amines) is 1. The van der Waals surface area contributed by atoms with E-state index in [1.807, 2.05) is 47.4 Å². The number of hydrogen-bond acceptors (Lipinski definition) is 8. The van der Waals surface area contributed by atoms with Crippen LogP contribution < -0.4 is 20.5 Å². The highest BCUT2D eigenvalue weighted by Crippen LogP contribution is 2.32. The number of ether oxygens (including phenoxy) is 2. The second kappa shape index (κ2) is 18.1. The summed E-state index contributed by atoms with van der Waals surface area (Å²) in [6.07, 6.45) is 7.75. The van der Waals surface area contributed by atoms with E-state index in [-0.39, 0.29) is 29.2 Å². The summed E-state index contributed by atoms with van der Waals surface area (Å²) in [7, 11) is 0. The summed E-state index contributed by atoms with van der Waals surface area (Å²) in [6.45, 7) is 9.43. The SMILES string of the molecule is CCCCC(=O)NCCN1CCN(C/C=C/C(=O)N2CCC(c3ccc(C(N)=O)c(Oc4ccc(Oc5ccccc5)cc4)n3)CC2)CC1. The third-order valence-electron chi connectivity index (χ3n) is 8.99. The normalized spacial score (nSPS) is 16.1. The monoisotopic (exact) mass is 668 g/mol. The molecule has 260 valence electrons. The Bertz CT molecular complexity index is 1550. The smallest absolute Gasteiger partial charge is 0.254 e. The van der Waals surface area contributed by atoms with E-state index >= 15 is 0 Å². The largest absolute Gasteiger partial charge is 0.457 e. The fraction of sp³-hybridized carbons (Fsp3) is 0.421. The zero-order valence-electron chi connectivity index (χ0n) is 28.4. The lowest BCUT2D eigenvalue weighted by Crippen LogP contribution is -2.48. The first-order chi connectivity index (χ1) is 23.9. The zero-order valence-corrected chi connectivity index (χ0v) is 28.4. The van der Waals surface area contributed by atoms with E-state index in [4.69, 9.17) is 20.2 Å². The molecular formula is C38H48N6O5. The lowest BCUT2D eigenvalue weighted by molar-refractivity contribution is -0.127. The molecule has 5 rings (SSSR count). The number of piperazine rings is 1. The van der Waals surface area contributed by atoms with Crippen LogP contribution in [0.25, 0.3) is 0 Å². The van der Waals surface area contributed by atoms with Crippen molar-refractivity contribution in [1.29, 1.82) is 0 Å². The molecule has 3 heterocycles. The van der Waals surface area contributed by atoms with Crippen molar-refractivity contribution in [2.45, 2.75) is 44.9 Å². The molecule has 2 fully saturated rings. The van der Waals surface area contributed by atoms with Crippen molar-refractivity contribution in [3.63, 3.8) is 0 Å². The quantitative estimate of drug-likeness (QED) is 0.218. The minimum atomic E-state index is -0.615. The predicted molar refractivity (Wildman–Crippen MR) is 189 cm³/mol. The average molecular weight is 669 g/mol. The number of para-hydroxylation sites is 1. The van der Waals surface area contributed by atoms with Crippen LogP contribution in [0.3, 0.4) is 0 Å². The summed E-state index contributed by atoms with van der Waals surface area (Å²) < 4.78 is 11.9. The van der Waals surface area contributed by atoms with Crippen LogP contribution in [0.15, 0.2) is 78.9 Å². The number of amides is 3. The number of pyridine rings is 1. The van der Waals surface area contributed by atoms with Crippen molar-refractivity contribution in [3.8, 4) is 23.1 Å². The number of aromatic nitrogens is 1. The molecule has 0 radical (unpaired) electrons. The summed E-state index contributed by atoms with van der Waals surface area (Å²) in [4.78, 5) is 48.3. The number of hydrogen-bond donors (Lipinski definition) is 2. The van der Waals surface area contributed by atoms with Gasteiger partial charge in [0.05, 0.1) is 0 Å². The molecule has 0 atom stereocenters. The maximum absolute atomic E-state index is 13.0. The molecule has 3 amide bonds. The fourth-order valence-electron chi connectivity index (χ4n) is 6.04. The average Bonchev–Trinajstić information content (AvgIpc) is 3.12. The van der Waals surface area contributed by atoms with Crippen molar-refractivity contribution < 1.29 is 23.9 Å². The van der Waals surface area contributed by atoms with Crippen LogP contribution in [0.5, 0.6) is 23.1 Å². The first kappa shape index (κ1) is 35.6. The minimum absolute atomic E-state index is 0.0247. The van der Waals surface area contributed by atoms with Gasteiger partial charge in [-0.05, 0) is 67.8 Å². The van der Waals surface area contributed by atoms with E-state index in [1.165, 1.54) is 0 Å². The van der Waals surface area contributed by atoms with Crippen LogP contribution in [0, 0.1) is 0 Å². The molecule has 0 aliphatic carbocycles. The van der Waals surface area contributed by atoms with Crippen LogP contribution in [-0.2, 0) is 9.59 Å². The molecule has 2 saturated heterocycles. The highest BCUT2D eigenvalue weighted by atomic mass is 16.5. The van der Waals surface area contributed by atoms with Gasteiger partial charge in [0.15, 0.2) is 0 Å².